The third-order valence-corrected chi connectivity index (χ3v) is 20.1. The molecule has 0 spiro atoms. The minimum absolute atomic E-state index is 0.0496. The first kappa shape index (κ1) is 80.5. The Balaban J connectivity index is 1.14. The summed E-state index contributed by atoms with van der Waals surface area (Å²) in [5, 5.41) is 136. The van der Waals surface area contributed by atoms with Crippen molar-refractivity contribution in [3.63, 3.8) is 0 Å². The number of carbonyl (C=O) groups excluding carboxylic acids is 7. The van der Waals surface area contributed by atoms with Gasteiger partial charge in [0.2, 0.25) is 53.4 Å². The number of hydrogen-bond acceptors (Lipinski definition) is 26. The Morgan fingerprint density at radius 1 is 0.718 bits per heavy atom. The van der Waals surface area contributed by atoms with E-state index >= 15 is 14.4 Å². The summed E-state index contributed by atoms with van der Waals surface area (Å²) in [5.41, 5.74) is 2.39. The van der Waals surface area contributed by atoms with Gasteiger partial charge in [0.1, 0.15) is 95.5 Å². The summed E-state index contributed by atoms with van der Waals surface area (Å²) in [7, 11) is 1.18. The molecule has 0 aromatic heterocycles. The Labute approximate surface area is 635 Å². The molecular formula is C73H80Cl2N10O25. The highest BCUT2D eigenvalue weighted by molar-refractivity contribution is 6.32. The monoisotopic (exact) mass is 1570 g/mol. The van der Waals surface area contributed by atoms with Crippen molar-refractivity contribution >= 4 is 70.5 Å². The van der Waals surface area contributed by atoms with Crippen molar-refractivity contribution in [3.8, 4) is 57.1 Å². The molecule has 2 fully saturated rings. The number of primary amides is 1. The van der Waals surface area contributed by atoms with E-state index in [1.54, 1.807) is 27.7 Å². The Morgan fingerprint density at radius 3 is 1.95 bits per heavy atom. The highest BCUT2D eigenvalue weighted by Gasteiger charge is 2.52. The number of aliphatic hydroxyl groups excluding tert-OH is 6. The quantitative estimate of drug-likeness (QED) is 0.0460. The summed E-state index contributed by atoms with van der Waals surface area (Å²) in [5.74, 6) is -16.8. The average Bonchev–Trinajstić information content (AvgIpc) is 0.766. The zero-order valence-corrected chi connectivity index (χ0v) is 60.7. The average molecular weight is 1570 g/mol. The van der Waals surface area contributed by atoms with Crippen LogP contribution < -0.4 is 57.2 Å². The molecule has 0 unspecified atom stereocenters. The fraction of sp³-hybridized carbons (Fsp3) is 0.397. The number of aromatic hydroxyl groups is 3. The molecule has 6 aromatic rings. The Bertz CT molecular complexity index is 4550. The van der Waals surface area contributed by atoms with E-state index in [4.69, 9.17) is 57.4 Å². The normalized spacial score (nSPS) is 27.9. The lowest BCUT2D eigenvalue weighted by Crippen LogP contribution is -2.65. The minimum Gasteiger partial charge on any atom is -0.508 e. The fourth-order valence-corrected chi connectivity index (χ4v) is 14.1. The Kier molecular flexibility index (Phi) is 24.4. The van der Waals surface area contributed by atoms with Gasteiger partial charge in [-0.05, 0) is 109 Å². The van der Waals surface area contributed by atoms with Crippen LogP contribution in [0, 0.1) is 10.8 Å². The number of amides is 7. The first-order valence-corrected chi connectivity index (χ1v) is 35.3. The molecule has 13 rings (SSSR count). The number of halogens is 2. The Morgan fingerprint density at radius 2 is 1.34 bits per heavy atom. The van der Waals surface area contributed by atoms with Crippen molar-refractivity contribution in [3.05, 3.63) is 158 Å². The van der Waals surface area contributed by atoms with Gasteiger partial charge in [-0.3, -0.25) is 38.6 Å². The zero-order valence-electron chi connectivity index (χ0n) is 59.1. The maximum Gasteiger partial charge on any atom is 0.330 e. The van der Waals surface area contributed by atoms with Crippen LogP contribution in [0.2, 0.25) is 10.0 Å². The molecule has 0 saturated carbocycles. The second-order valence-corrected chi connectivity index (χ2v) is 28.6. The molecule has 19 N–H and O–H groups in total. The third kappa shape index (κ3) is 17.2. The van der Waals surface area contributed by atoms with Crippen LogP contribution in [0.4, 0.5) is 0 Å². The van der Waals surface area contributed by atoms with Gasteiger partial charge in [0.25, 0.3) is 0 Å². The topological polar surface area (TPSA) is 537 Å². The molecule has 7 aliphatic heterocycles. The molecule has 586 valence electrons. The molecule has 7 heterocycles. The molecule has 6 aromatic carbocycles. The van der Waals surface area contributed by atoms with E-state index in [1.165, 1.54) is 13.1 Å². The molecule has 110 heavy (non-hydrogen) atoms. The van der Waals surface area contributed by atoms with Gasteiger partial charge in [0, 0.05) is 48.3 Å². The van der Waals surface area contributed by atoms with Gasteiger partial charge >= 0.3 is 5.97 Å². The summed E-state index contributed by atoms with van der Waals surface area (Å²) < 4.78 is 39.1. The number of likely N-dealkylation sites (N-methyl/N-ethyl adjacent to an activating group) is 1. The van der Waals surface area contributed by atoms with E-state index in [1.807, 2.05) is 30.3 Å². The predicted octanol–water partition coefficient (Wildman–Crippen LogP) is 2.33. The van der Waals surface area contributed by atoms with Crippen LogP contribution in [0.5, 0.6) is 46.0 Å². The second-order valence-electron chi connectivity index (χ2n) is 27.8. The van der Waals surface area contributed by atoms with Crippen molar-refractivity contribution < 1.29 is 118 Å². The van der Waals surface area contributed by atoms with Crippen molar-refractivity contribution in [2.45, 2.75) is 163 Å². The molecule has 7 amide bonds. The molecule has 11 bridgehead atoms. The van der Waals surface area contributed by atoms with Gasteiger partial charge in [-0.25, -0.2) is 4.79 Å². The molecule has 18 atom stereocenters. The van der Waals surface area contributed by atoms with Gasteiger partial charge in [-0.1, -0.05) is 85.6 Å². The van der Waals surface area contributed by atoms with Gasteiger partial charge < -0.3 is 122 Å². The summed E-state index contributed by atoms with van der Waals surface area (Å²) >= 11 is 14.2. The lowest BCUT2D eigenvalue weighted by molar-refractivity contribution is -0.334. The summed E-state index contributed by atoms with van der Waals surface area (Å²) in [4.78, 5) is 130. The van der Waals surface area contributed by atoms with E-state index in [-0.39, 0.29) is 47.7 Å². The number of nitroso groups, excluding NO2 is 1. The predicted molar refractivity (Wildman–Crippen MR) is 383 cm³/mol. The van der Waals surface area contributed by atoms with Crippen LogP contribution in [0.1, 0.15) is 111 Å². The smallest absolute Gasteiger partial charge is 0.330 e. The lowest BCUT2D eigenvalue weighted by Gasteiger charge is -2.48. The maximum atomic E-state index is 16.2. The standard InChI is InChI=1S/C73H80Cl2N10O25/c1-29(2)17-42(85(5)84-104)66(97)82-56-58(91)33-12-15-45(39(74)19-33)106-47-21-35-22-48(62(47)110-72-63(61(94)60(93)49(28-86)108-72)109-51-26-73(4,64(95)30(3)105-51)77-27-31-9-7-6-8-10-31)107-46-16-13-34(20-40(46)75)59(92)57-70(101)81-55(71(102)103)38-23-36(87)24-44(89)52(38)37-18-32(11-14-43(37)88)53(67(98)83-57)80-68(99)54(35)79-65(96)41(25-50(76)90)78-69(56)100/h6-16,18-24,29-30,41-42,49,51,53-61,63-64,72,77,86-89,91-95H,17,25-28H2,1-5H3,(H2,76,90)(H,78,100)(H,79,96)(H,80,99)(H,81,101)(H,82,97)(H,83,98)(H,102,103)/t30-,41-,42+,49+,51-,53+,54+,55-,56+,57-,58+,59+,60+,61-,63+,64+,72-,73-/m0/s1. The minimum atomic E-state index is -2.39. The second kappa shape index (κ2) is 33.3. The van der Waals surface area contributed by atoms with Crippen molar-refractivity contribution in [2.75, 3.05) is 13.7 Å². The number of benzene rings is 6. The number of nitrogens with two attached hydrogens (primary N) is 1. The van der Waals surface area contributed by atoms with E-state index in [0.717, 1.165) is 83.4 Å². The fourth-order valence-electron chi connectivity index (χ4n) is 13.6. The number of fused-ring (bicyclic) bond motifs is 15. The summed E-state index contributed by atoms with van der Waals surface area (Å²) in [6.07, 6.45) is -19.0. The number of aliphatic hydroxyl groups is 6. The third-order valence-electron chi connectivity index (χ3n) is 19.5. The first-order valence-electron chi connectivity index (χ1n) is 34.5. The van der Waals surface area contributed by atoms with Crippen molar-refractivity contribution in [2.24, 2.45) is 16.9 Å². The van der Waals surface area contributed by atoms with Gasteiger partial charge in [0.05, 0.1) is 40.6 Å². The molecule has 7 aliphatic rings. The first-order chi connectivity index (χ1) is 52.1. The number of phenolic OH excluding ortho intramolecular Hbond substituents is 3. The van der Waals surface area contributed by atoms with Crippen molar-refractivity contribution in [1.29, 1.82) is 0 Å². The number of aliphatic carboxylic acids is 1. The number of ether oxygens (including phenoxy) is 6. The number of hydrogen-bond donors (Lipinski definition) is 18. The van der Waals surface area contributed by atoms with Crippen LogP contribution in [0.25, 0.3) is 11.1 Å². The van der Waals surface area contributed by atoms with E-state index in [2.05, 4.69) is 42.5 Å². The lowest BCUT2D eigenvalue weighted by atomic mass is 9.84. The maximum absolute atomic E-state index is 16.2. The van der Waals surface area contributed by atoms with Crippen LogP contribution in [-0.4, -0.2) is 196 Å². The largest absolute Gasteiger partial charge is 0.508 e. The highest BCUT2D eigenvalue weighted by Crippen LogP contribution is 2.50. The zero-order chi connectivity index (χ0) is 79.6. The molecule has 37 heteroatoms. The van der Waals surface area contributed by atoms with Gasteiger partial charge in [-0.2, -0.15) is 0 Å². The van der Waals surface area contributed by atoms with E-state index < -0.39 is 242 Å². The summed E-state index contributed by atoms with van der Waals surface area (Å²) in [6, 6.07) is 7.58. The number of carbonyl (C=O) groups is 8. The van der Waals surface area contributed by atoms with Crippen LogP contribution >= 0.6 is 23.2 Å². The highest BCUT2D eigenvalue weighted by atomic mass is 35.5. The number of carboxylic acid groups (broad SMARTS) is 1. The SMILES string of the molecule is CC(C)C[C@H](C(=O)N[C@H]1C(=O)N[C@@H](CC(N)=O)C(=O)N[C@H]2C(=O)N[C@H]3C(=O)N[C@H](C(=O)N[C@H](C(=O)O)c4cc(O)cc(O)c4-c4cc3ccc4O)[C@H](O)c3ccc(c(Cl)c3)Oc3cc2cc(c3O[C@@H]2O[C@H](CO)[C@@H](O)[C@H](O)[C@H]2O[C@H]2C[C@](C)(NCc3ccccc3)[C@H](O)[C@H](C)O2)Oc2ccc(cc2Cl)[C@H]1O)N(C)N=O. The number of rotatable bonds is 17. The Hall–Kier alpha value is -10.5. The molecule has 0 aliphatic carbocycles. The van der Waals surface area contributed by atoms with Crippen LogP contribution in [-0.2, 0) is 59.1 Å². The van der Waals surface area contributed by atoms with E-state index in [9.17, 15) is 79.9 Å². The van der Waals surface area contributed by atoms with Crippen LogP contribution in [0.3, 0.4) is 0 Å². The number of carboxylic acids is 1. The van der Waals surface area contributed by atoms with Gasteiger partial charge in [-0.15, -0.1) is 4.91 Å². The van der Waals surface area contributed by atoms with Gasteiger partial charge in [0.15, 0.2) is 29.9 Å². The van der Waals surface area contributed by atoms with Crippen LogP contribution in [0.15, 0.2) is 114 Å². The molecule has 0 radical (unpaired) electrons. The number of nitrogens with zero attached hydrogens (tertiary/aromatic N) is 2. The van der Waals surface area contributed by atoms with Crippen molar-refractivity contribution in [1.82, 2.24) is 42.2 Å². The molecular weight excluding hydrogens is 1490 g/mol. The van der Waals surface area contributed by atoms with E-state index in [0.29, 0.717) is 0 Å². The number of nitrogens with one attached hydrogen (secondary N) is 7. The molecule has 2 saturated heterocycles. The molecule has 35 nitrogen and oxygen atoms in total. The summed E-state index contributed by atoms with van der Waals surface area (Å²) in [6.45, 7) is 5.95. The number of phenols is 3.